The van der Waals surface area contributed by atoms with Gasteiger partial charge < -0.3 is 14.8 Å². The molecule has 0 unspecified atom stereocenters. The summed E-state index contributed by atoms with van der Waals surface area (Å²) in [5, 5.41) is 10.9. The van der Waals surface area contributed by atoms with E-state index in [9.17, 15) is 14.7 Å². The van der Waals surface area contributed by atoms with Gasteiger partial charge in [-0.05, 0) is 6.07 Å². The summed E-state index contributed by atoms with van der Waals surface area (Å²) < 4.78 is 0. The molecule has 0 saturated heterocycles. The van der Waals surface area contributed by atoms with E-state index in [0.717, 1.165) is 0 Å². The van der Waals surface area contributed by atoms with Crippen molar-refractivity contribution < 1.29 is 14.7 Å². The van der Waals surface area contributed by atoms with Gasteiger partial charge in [-0.3, -0.25) is 4.79 Å². The Balaban J connectivity index is 3.13. The van der Waals surface area contributed by atoms with Crippen molar-refractivity contribution >= 4 is 33.5 Å². The van der Waals surface area contributed by atoms with Gasteiger partial charge in [-0.1, -0.05) is 34.1 Å². The van der Waals surface area contributed by atoms with Crippen LogP contribution < -0.4 is 10.0 Å². The summed E-state index contributed by atoms with van der Waals surface area (Å²) in [6.45, 7) is 0. The second-order valence-electron chi connectivity index (χ2n) is 2.89. The van der Waals surface area contributed by atoms with Gasteiger partial charge in [0.05, 0.1) is 17.0 Å². The SMILES string of the molecule is CN(C(=O)CBr)c1ccccc1C(=O)[O-]. The molecule has 80 valence electrons. The number of hydrogen-bond donors (Lipinski definition) is 0. The minimum atomic E-state index is -1.29. The number of carboxylic acids is 1. The highest BCUT2D eigenvalue weighted by atomic mass is 79.9. The highest BCUT2D eigenvalue weighted by Gasteiger charge is 2.12. The largest absolute Gasteiger partial charge is 0.545 e. The van der Waals surface area contributed by atoms with E-state index in [4.69, 9.17) is 0 Å². The maximum atomic E-state index is 11.4. The fraction of sp³-hybridized carbons (Fsp3) is 0.200. The predicted octanol–water partition coefficient (Wildman–Crippen LogP) is 0.408. The highest BCUT2D eigenvalue weighted by Crippen LogP contribution is 2.18. The molecule has 0 aliphatic rings. The van der Waals surface area contributed by atoms with E-state index >= 15 is 0 Å². The lowest BCUT2D eigenvalue weighted by Gasteiger charge is -2.20. The quantitative estimate of drug-likeness (QED) is 0.748. The molecule has 0 aliphatic heterocycles. The zero-order valence-electron chi connectivity index (χ0n) is 8.07. The molecule has 0 spiro atoms. The molecule has 1 rings (SSSR count). The lowest BCUT2D eigenvalue weighted by molar-refractivity contribution is -0.254. The number of hydrogen-bond acceptors (Lipinski definition) is 3. The Hall–Kier alpha value is -1.36. The van der Waals surface area contributed by atoms with Crippen LogP contribution in [0.25, 0.3) is 0 Å². The molecule has 0 atom stereocenters. The normalized spacial score (nSPS) is 9.73. The third kappa shape index (κ3) is 2.56. The number of benzene rings is 1. The second kappa shape index (κ2) is 4.93. The van der Waals surface area contributed by atoms with Crippen LogP contribution in [0.5, 0.6) is 0 Å². The average Bonchev–Trinajstić information content (AvgIpc) is 2.27. The molecule has 4 nitrogen and oxygen atoms in total. The predicted molar refractivity (Wildman–Crippen MR) is 58.0 cm³/mol. The molecule has 0 fully saturated rings. The van der Waals surface area contributed by atoms with Crippen molar-refractivity contribution in [2.75, 3.05) is 17.3 Å². The number of rotatable bonds is 3. The molecule has 1 aromatic carbocycles. The smallest absolute Gasteiger partial charge is 0.237 e. The third-order valence-electron chi connectivity index (χ3n) is 1.97. The number of carbonyl (C=O) groups is 2. The molecule has 1 amide bonds. The van der Waals surface area contributed by atoms with Crippen LogP contribution in [0.4, 0.5) is 5.69 Å². The van der Waals surface area contributed by atoms with Crippen molar-refractivity contribution in [3.8, 4) is 0 Å². The molecule has 1 aromatic rings. The Bertz CT molecular complexity index is 392. The van der Waals surface area contributed by atoms with Crippen LogP contribution in [0.2, 0.25) is 0 Å². The van der Waals surface area contributed by atoms with Crippen LogP contribution >= 0.6 is 15.9 Å². The van der Waals surface area contributed by atoms with Crippen molar-refractivity contribution in [2.24, 2.45) is 0 Å². The fourth-order valence-electron chi connectivity index (χ4n) is 1.16. The Morgan fingerprint density at radius 3 is 2.53 bits per heavy atom. The first-order valence-corrected chi connectivity index (χ1v) is 5.33. The van der Waals surface area contributed by atoms with Gasteiger partial charge in [0.25, 0.3) is 0 Å². The van der Waals surface area contributed by atoms with Gasteiger partial charge in [-0.15, -0.1) is 0 Å². The fourth-order valence-corrected chi connectivity index (χ4v) is 1.54. The maximum Gasteiger partial charge on any atom is 0.237 e. The van der Waals surface area contributed by atoms with Gasteiger partial charge in [0.15, 0.2) is 0 Å². The summed E-state index contributed by atoms with van der Waals surface area (Å²) in [5.41, 5.74) is 0.344. The molecular formula is C10H9BrNO3-. The van der Waals surface area contributed by atoms with E-state index < -0.39 is 5.97 Å². The first-order valence-electron chi connectivity index (χ1n) is 4.20. The first-order chi connectivity index (χ1) is 7.07. The molecule has 5 heteroatoms. The second-order valence-corrected chi connectivity index (χ2v) is 3.45. The van der Waals surface area contributed by atoms with Crippen LogP contribution in [0.1, 0.15) is 10.4 Å². The number of para-hydroxylation sites is 1. The highest BCUT2D eigenvalue weighted by molar-refractivity contribution is 9.09. The van der Waals surface area contributed by atoms with Gasteiger partial charge in [0.1, 0.15) is 0 Å². The number of anilines is 1. The van der Waals surface area contributed by atoms with E-state index in [2.05, 4.69) is 15.9 Å². The summed E-state index contributed by atoms with van der Waals surface area (Å²) in [6.07, 6.45) is 0. The number of carbonyl (C=O) groups excluding carboxylic acids is 2. The molecule has 0 aromatic heterocycles. The Morgan fingerprint density at radius 2 is 2.00 bits per heavy atom. The van der Waals surface area contributed by atoms with Gasteiger partial charge in [-0.25, -0.2) is 0 Å². The number of alkyl halides is 1. The van der Waals surface area contributed by atoms with Crippen molar-refractivity contribution in [1.82, 2.24) is 0 Å². The van der Waals surface area contributed by atoms with Gasteiger partial charge in [-0.2, -0.15) is 0 Å². The van der Waals surface area contributed by atoms with Crippen LogP contribution in [0, 0.1) is 0 Å². The standard InChI is InChI=1S/C10H10BrNO3/c1-12(9(13)6-11)8-5-3-2-4-7(8)10(14)15/h2-5H,6H2,1H3,(H,14,15)/p-1. The zero-order valence-corrected chi connectivity index (χ0v) is 9.65. The van der Waals surface area contributed by atoms with E-state index in [1.54, 1.807) is 18.2 Å². The summed E-state index contributed by atoms with van der Waals surface area (Å²) in [7, 11) is 1.52. The summed E-state index contributed by atoms with van der Waals surface area (Å²) in [5.74, 6) is -1.51. The van der Waals surface area contributed by atoms with Crippen LogP contribution in [0.3, 0.4) is 0 Å². The van der Waals surface area contributed by atoms with E-state index in [0.29, 0.717) is 5.69 Å². The molecular weight excluding hydrogens is 262 g/mol. The van der Waals surface area contributed by atoms with Crippen LogP contribution in [-0.2, 0) is 4.79 Å². The summed E-state index contributed by atoms with van der Waals surface area (Å²) in [6, 6.07) is 6.22. The molecule has 0 aliphatic carbocycles. The number of amides is 1. The molecule has 0 N–H and O–H groups in total. The first kappa shape index (κ1) is 11.7. The third-order valence-corrected chi connectivity index (χ3v) is 2.45. The van der Waals surface area contributed by atoms with Crippen LogP contribution in [0.15, 0.2) is 24.3 Å². The summed E-state index contributed by atoms with van der Waals surface area (Å²) >= 11 is 3.02. The number of nitrogens with zero attached hydrogens (tertiary/aromatic N) is 1. The van der Waals surface area contributed by atoms with Gasteiger partial charge >= 0.3 is 0 Å². The molecule has 0 heterocycles. The summed E-state index contributed by atoms with van der Waals surface area (Å²) in [4.78, 5) is 23.4. The average molecular weight is 271 g/mol. The topological polar surface area (TPSA) is 60.4 Å². The number of halogens is 1. The minimum absolute atomic E-state index is 0.00861. The zero-order chi connectivity index (χ0) is 11.4. The Kier molecular flexibility index (Phi) is 3.85. The van der Waals surface area contributed by atoms with Crippen molar-refractivity contribution in [3.05, 3.63) is 29.8 Å². The van der Waals surface area contributed by atoms with Crippen molar-refractivity contribution in [2.45, 2.75) is 0 Å². The molecule has 15 heavy (non-hydrogen) atoms. The Labute approximate surface area is 95.6 Å². The maximum absolute atomic E-state index is 11.4. The monoisotopic (exact) mass is 270 g/mol. The van der Waals surface area contributed by atoms with Gasteiger partial charge in [0, 0.05) is 12.6 Å². The van der Waals surface area contributed by atoms with Gasteiger partial charge in [0.2, 0.25) is 5.91 Å². The minimum Gasteiger partial charge on any atom is -0.545 e. The van der Waals surface area contributed by atoms with Crippen molar-refractivity contribution in [1.29, 1.82) is 0 Å². The Morgan fingerprint density at radius 1 is 1.40 bits per heavy atom. The van der Waals surface area contributed by atoms with E-state index in [-0.39, 0.29) is 16.8 Å². The number of aromatic carboxylic acids is 1. The van der Waals surface area contributed by atoms with Crippen molar-refractivity contribution in [3.63, 3.8) is 0 Å². The molecule has 0 radical (unpaired) electrons. The lowest BCUT2D eigenvalue weighted by Crippen LogP contribution is -2.31. The molecule has 0 bridgehead atoms. The molecule has 0 saturated carbocycles. The number of carboxylic acid groups (broad SMARTS) is 1. The van der Waals surface area contributed by atoms with Crippen LogP contribution in [-0.4, -0.2) is 24.3 Å². The van der Waals surface area contributed by atoms with E-state index in [1.807, 2.05) is 0 Å². The van der Waals surface area contributed by atoms with E-state index in [1.165, 1.54) is 18.0 Å². The lowest BCUT2D eigenvalue weighted by atomic mass is 10.1.